The number of hydrogen-bond acceptors (Lipinski definition) is 6. The lowest BCUT2D eigenvalue weighted by Gasteiger charge is -2.33. The van der Waals surface area contributed by atoms with Crippen molar-refractivity contribution < 1.29 is 33.0 Å². The van der Waals surface area contributed by atoms with Gasteiger partial charge in [-0.15, -0.1) is 0 Å². The molecule has 0 aliphatic carbocycles. The first kappa shape index (κ1) is 24.9. The standard InChI is InChI=1S/C29H21F2N3O5/c1-28-21(35)13-29(39-28,11-12-38-20-10-7-15(14-32)24(30)25(20)31)23-22(28)26(36)34(27(23)37)19-9-8-18(33-2)16-5-3-4-6-17(16)19/h3-10,21-23,35H,11-13H2,1H3/t21?,22-,23+,28?,29?/m1/s1. The van der Waals surface area contributed by atoms with Crippen molar-refractivity contribution in [2.24, 2.45) is 11.8 Å². The number of rotatable bonds is 5. The van der Waals surface area contributed by atoms with Gasteiger partial charge in [0, 0.05) is 12.8 Å². The lowest BCUT2D eigenvalue weighted by molar-refractivity contribution is -0.134. The monoisotopic (exact) mass is 529 g/mol. The summed E-state index contributed by atoms with van der Waals surface area (Å²) in [5.41, 5.74) is -2.32. The predicted octanol–water partition coefficient (Wildman–Crippen LogP) is 4.41. The highest BCUT2D eigenvalue weighted by atomic mass is 19.2. The van der Waals surface area contributed by atoms with Gasteiger partial charge in [0.25, 0.3) is 0 Å². The maximum Gasteiger partial charge on any atom is 0.240 e. The molecule has 3 unspecified atom stereocenters. The number of anilines is 1. The third-order valence-corrected chi connectivity index (χ3v) is 8.30. The Hall–Kier alpha value is -4.38. The molecule has 39 heavy (non-hydrogen) atoms. The summed E-state index contributed by atoms with van der Waals surface area (Å²) in [4.78, 5) is 32.4. The van der Waals surface area contributed by atoms with Crippen molar-refractivity contribution in [3.8, 4) is 11.8 Å². The topological polar surface area (TPSA) is 104 Å². The van der Waals surface area contributed by atoms with E-state index >= 15 is 0 Å². The largest absolute Gasteiger partial charge is 0.490 e. The van der Waals surface area contributed by atoms with E-state index in [1.54, 1.807) is 49.4 Å². The Balaban J connectivity index is 1.34. The number of ether oxygens (including phenoxy) is 2. The van der Waals surface area contributed by atoms with Crippen LogP contribution in [0.3, 0.4) is 0 Å². The molecular weight excluding hydrogens is 508 g/mol. The van der Waals surface area contributed by atoms with Crippen LogP contribution in [0.5, 0.6) is 5.75 Å². The molecule has 3 saturated heterocycles. The summed E-state index contributed by atoms with van der Waals surface area (Å²) in [5.74, 6) is -5.91. The Morgan fingerprint density at radius 1 is 1.13 bits per heavy atom. The normalized spacial score (nSPS) is 29.0. The van der Waals surface area contributed by atoms with Crippen molar-refractivity contribution in [1.29, 1.82) is 5.26 Å². The van der Waals surface area contributed by atoms with Crippen molar-refractivity contribution in [1.82, 2.24) is 0 Å². The van der Waals surface area contributed by atoms with Crippen LogP contribution in [0.4, 0.5) is 20.2 Å². The molecule has 3 aliphatic heterocycles. The average molecular weight is 529 g/mol. The molecule has 3 aromatic carbocycles. The van der Waals surface area contributed by atoms with Crippen LogP contribution in [0.25, 0.3) is 15.6 Å². The van der Waals surface area contributed by atoms with E-state index in [4.69, 9.17) is 21.3 Å². The molecule has 2 amide bonds. The number of aliphatic hydroxyl groups is 1. The second kappa shape index (κ2) is 8.57. The van der Waals surface area contributed by atoms with E-state index in [1.807, 2.05) is 0 Å². The summed E-state index contributed by atoms with van der Waals surface area (Å²) in [6, 6.07) is 14.0. The van der Waals surface area contributed by atoms with E-state index in [0.717, 1.165) is 17.0 Å². The van der Waals surface area contributed by atoms with Crippen molar-refractivity contribution in [2.75, 3.05) is 11.5 Å². The minimum atomic E-state index is -1.33. The highest BCUT2D eigenvalue weighted by Crippen LogP contribution is 2.62. The SMILES string of the molecule is [C-]#[N+]c1ccc(N2C(=O)[C@@H]3[C@H](C2=O)C2(C)OC3(CCOc3ccc(C#N)c(F)c3F)CC2O)c2ccccc12. The van der Waals surface area contributed by atoms with E-state index in [2.05, 4.69) is 4.85 Å². The molecular formula is C29H21F2N3O5. The third kappa shape index (κ3) is 3.32. The average Bonchev–Trinajstić information content (AvgIpc) is 3.47. The maximum atomic E-state index is 14.4. The summed E-state index contributed by atoms with van der Waals surface area (Å²) in [5, 5.41) is 21.0. The van der Waals surface area contributed by atoms with E-state index in [-0.39, 0.29) is 19.4 Å². The van der Waals surface area contributed by atoms with Crippen molar-refractivity contribution in [3.05, 3.63) is 77.1 Å². The number of carbonyl (C=O) groups excluding carboxylic acids is 2. The number of hydrogen-bond donors (Lipinski definition) is 1. The molecule has 3 fully saturated rings. The van der Waals surface area contributed by atoms with E-state index in [0.29, 0.717) is 22.1 Å². The second-order valence-electron chi connectivity index (χ2n) is 10.2. The summed E-state index contributed by atoms with van der Waals surface area (Å²) in [6.45, 7) is 8.87. The van der Waals surface area contributed by atoms with Gasteiger partial charge < -0.3 is 14.6 Å². The third-order valence-electron chi connectivity index (χ3n) is 8.30. The van der Waals surface area contributed by atoms with E-state index in [9.17, 15) is 23.5 Å². The van der Waals surface area contributed by atoms with Gasteiger partial charge in [-0.1, -0.05) is 30.3 Å². The first-order valence-corrected chi connectivity index (χ1v) is 12.3. The van der Waals surface area contributed by atoms with Gasteiger partial charge in [0.1, 0.15) is 11.7 Å². The number of nitrogens with zero attached hydrogens (tertiary/aromatic N) is 3. The molecule has 6 rings (SSSR count). The van der Waals surface area contributed by atoms with Crippen LogP contribution in [0, 0.1) is 41.4 Å². The molecule has 0 spiro atoms. The molecule has 2 bridgehead atoms. The number of aliphatic hydroxyl groups excluding tert-OH is 1. The zero-order valence-corrected chi connectivity index (χ0v) is 20.6. The van der Waals surface area contributed by atoms with Gasteiger partial charge in [-0.3, -0.25) is 9.59 Å². The number of carbonyl (C=O) groups is 2. The fourth-order valence-corrected chi connectivity index (χ4v) is 6.48. The Morgan fingerprint density at radius 3 is 2.56 bits per heavy atom. The molecule has 3 aromatic rings. The van der Waals surface area contributed by atoms with Gasteiger partial charge in [0.2, 0.25) is 17.6 Å². The fourth-order valence-electron chi connectivity index (χ4n) is 6.48. The van der Waals surface area contributed by atoms with Gasteiger partial charge in [0.15, 0.2) is 17.3 Å². The van der Waals surface area contributed by atoms with E-state index < -0.39 is 63.9 Å². The second-order valence-corrected chi connectivity index (χ2v) is 10.2. The van der Waals surface area contributed by atoms with Crippen LogP contribution in [0.15, 0.2) is 48.5 Å². The highest BCUT2D eigenvalue weighted by molar-refractivity contribution is 6.26. The van der Waals surface area contributed by atoms with Crippen LogP contribution < -0.4 is 9.64 Å². The molecule has 3 aliphatic rings. The number of imide groups is 1. The first-order valence-electron chi connectivity index (χ1n) is 12.3. The maximum absolute atomic E-state index is 14.4. The summed E-state index contributed by atoms with van der Waals surface area (Å²) in [6.07, 6.45) is -0.963. The van der Waals surface area contributed by atoms with Gasteiger partial charge in [-0.25, -0.2) is 14.1 Å². The number of amides is 2. The Bertz CT molecular complexity index is 1660. The first-order chi connectivity index (χ1) is 18.7. The summed E-state index contributed by atoms with van der Waals surface area (Å²) >= 11 is 0. The van der Waals surface area contributed by atoms with Crippen LogP contribution in [0.1, 0.15) is 25.3 Å². The molecule has 1 N–H and O–H groups in total. The smallest absolute Gasteiger partial charge is 0.240 e. The predicted molar refractivity (Wildman–Crippen MR) is 134 cm³/mol. The summed E-state index contributed by atoms with van der Waals surface area (Å²) in [7, 11) is 0. The van der Waals surface area contributed by atoms with Gasteiger partial charge >= 0.3 is 0 Å². The van der Waals surface area contributed by atoms with Crippen molar-refractivity contribution >= 4 is 34.0 Å². The molecule has 10 heteroatoms. The van der Waals surface area contributed by atoms with Crippen LogP contribution >= 0.6 is 0 Å². The van der Waals surface area contributed by atoms with Crippen molar-refractivity contribution in [2.45, 2.75) is 37.1 Å². The fraction of sp³-hybridized carbons (Fsp3) is 0.310. The number of fused-ring (bicyclic) bond motifs is 6. The minimum absolute atomic E-state index is 0.0200. The van der Waals surface area contributed by atoms with Crippen LogP contribution in [-0.4, -0.2) is 40.8 Å². The Kier molecular flexibility index (Phi) is 5.48. The molecule has 8 nitrogen and oxygen atoms in total. The number of benzene rings is 3. The molecule has 0 saturated carbocycles. The lowest BCUT2D eigenvalue weighted by atomic mass is 9.66. The minimum Gasteiger partial charge on any atom is -0.490 e. The number of halogens is 2. The zero-order valence-electron chi connectivity index (χ0n) is 20.6. The quantitative estimate of drug-likeness (QED) is 0.388. The van der Waals surface area contributed by atoms with Crippen LogP contribution in [0.2, 0.25) is 0 Å². The van der Waals surface area contributed by atoms with Crippen LogP contribution in [-0.2, 0) is 14.3 Å². The molecule has 196 valence electrons. The van der Waals surface area contributed by atoms with Crippen molar-refractivity contribution in [3.63, 3.8) is 0 Å². The Labute approximate surface area is 221 Å². The van der Waals surface area contributed by atoms with Gasteiger partial charge in [0.05, 0.1) is 48.0 Å². The Morgan fingerprint density at radius 2 is 1.85 bits per heavy atom. The van der Waals surface area contributed by atoms with Gasteiger partial charge in [-0.05, 0) is 35.9 Å². The molecule has 5 atom stereocenters. The van der Waals surface area contributed by atoms with E-state index in [1.165, 1.54) is 0 Å². The lowest BCUT2D eigenvalue weighted by Crippen LogP contribution is -2.49. The molecule has 0 radical (unpaired) electrons. The zero-order chi connectivity index (χ0) is 27.7. The highest BCUT2D eigenvalue weighted by Gasteiger charge is 2.77. The number of nitriles is 1. The summed E-state index contributed by atoms with van der Waals surface area (Å²) < 4.78 is 40.1. The molecule has 3 heterocycles. The molecule has 0 aromatic heterocycles. The van der Waals surface area contributed by atoms with Gasteiger partial charge in [-0.2, -0.15) is 9.65 Å².